The zero-order valence-corrected chi connectivity index (χ0v) is 5.56. The standard InChI is InChI=1S/C4H7NS2/c6-7-4-2-1-3-5-4/h2,5-6H,1,3H2. The molecular weight excluding hydrogens is 126 g/mol. The number of nitrogens with one attached hydrogen (secondary N) is 1. The van der Waals surface area contributed by atoms with Gasteiger partial charge in [-0.2, -0.15) is 0 Å². The highest BCUT2D eigenvalue weighted by Crippen LogP contribution is 2.19. The lowest BCUT2D eigenvalue weighted by molar-refractivity contribution is 0.909. The smallest absolute Gasteiger partial charge is 0.0747 e. The molecule has 0 aliphatic carbocycles. The topological polar surface area (TPSA) is 12.0 Å². The number of hydrogen-bond acceptors (Lipinski definition) is 3. The van der Waals surface area contributed by atoms with Crippen molar-refractivity contribution in [1.29, 1.82) is 0 Å². The van der Waals surface area contributed by atoms with E-state index >= 15 is 0 Å². The predicted molar refractivity (Wildman–Crippen MR) is 37.3 cm³/mol. The van der Waals surface area contributed by atoms with E-state index in [1.165, 1.54) is 15.8 Å². The molecule has 0 saturated carbocycles. The van der Waals surface area contributed by atoms with Crippen molar-refractivity contribution in [2.24, 2.45) is 0 Å². The fourth-order valence-electron chi connectivity index (χ4n) is 0.540. The van der Waals surface area contributed by atoms with Crippen LogP contribution >= 0.6 is 22.5 Å². The van der Waals surface area contributed by atoms with Gasteiger partial charge in [0.2, 0.25) is 0 Å². The Morgan fingerprint density at radius 1 is 1.86 bits per heavy atom. The minimum atomic E-state index is 1.09. The van der Waals surface area contributed by atoms with Gasteiger partial charge >= 0.3 is 0 Å². The minimum Gasteiger partial charge on any atom is -0.379 e. The molecule has 0 unspecified atom stereocenters. The van der Waals surface area contributed by atoms with E-state index in [-0.39, 0.29) is 0 Å². The lowest BCUT2D eigenvalue weighted by Crippen LogP contribution is -2.02. The van der Waals surface area contributed by atoms with Crippen LogP contribution in [-0.2, 0) is 0 Å². The number of rotatable bonds is 1. The first kappa shape index (κ1) is 5.38. The van der Waals surface area contributed by atoms with E-state index < -0.39 is 0 Å². The Labute approximate surface area is 52.4 Å². The molecule has 0 atom stereocenters. The molecular formula is C4H7NS2. The van der Waals surface area contributed by atoms with Gasteiger partial charge in [0.05, 0.1) is 5.03 Å². The molecule has 1 aliphatic heterocycles. The van der Waals surface area contributed by atoms with Crippen LogP contribution in [0.25, 0.3) is 0 Å². The van der Waals surface area contributed by atoms with Gasteiger partial charge < -0.3 is 5.32 Å². The molecule has 1 heterocycles. The molecule has 0 aromatic heterocycles. The molecule has 1 aliphatic rings. The molecule has 0 aromatic rings. The van der Waals surface area contributed by atoms with Crippen LogP contribution in [0.1, 0.15) is 6.42 Å². The Balaban J connectivity index is 2.36. The third-order valence-electron chi connectivity index (χ3n) is 0.872. The van der Waals surface area contributed by atoms with E-state index in [1.54, 1.807) is 0 Å². The summed E-state index contributed by atoms with van der Waals surface area (Å²) in [5.41, 5.74) is 0. The van der Waals surface area contributed by atoms with Crippen molar-refractivity contribution in [3.63, 3.8) is 0 Å². The van der Waals surface area contributed by atoms with E-state index in [9.17, 15) is 0 Å². The second kappa shape index (κ2) is 2.52. The molecule has 7 heavy (non-hydrogen) atoms. The van der Waals surface area contributed by atoms with Crippen LogP contribution in [0.15, 0.2) is 11.1 Å². The Hall–Kier alpha value is 0.240. The molecule has 1 N–H and O–H groups in total. The van der Waals surface area contributed by atoms with Crippen molar-refractivity contribution in [3.05, 3.63) is 11.1 Å². The molecule has 0 bridgehead atoms. The number of hydrogen-bond donors (Lipinski definition) is 2. The Morgan fingerprint density at radius 3 is 3.00 bits per heavy atom. The summed E-state index contributed by atoms with van der Waals surface area (Å²) in [6, 6.07) is 0. The lowest BCUT2D eigenvalue weighted by Gasteiger charge is -1.93. The fourth-order valence-corrected chi connectivity index (χ4v) is 1.32. The normalized spacial score (nSPS) is 18.7. The lowest BCUT2D eigenvalue weighted by atomic mass is 10.5. The van der Waals surface area contributed by atoms with E-state index in [4.69, 9.17) is 0 Å². The molecule has 0 aromatic carbocycles. The van der Waals surface area contributed by atoms with Crippen molar-refractivity contribution < 1.29 is 0 Å². The second-order valence-electron chi connectivity index (χ2n) is 1.38. The van der Waals surface area contributed by atoms with Gasteiger partial charge in [0.15, 0.2) is 0 Å². The highest BCUT2D eigenvalue weighted by Gasteiger charge is 1.98. The van der Waals surface area contributed by atoms with Crippen molar-refractivity contribution in [2.75, 3.05) is 6.54 Å². The van der Waals surface area contributed by atoms with Gasteiger partial charge in [-0.25, -0.2) is 0 Å². The highest BCUT2D eigenvalue weighted by atomic mass is 33.1. The Bertz CT molecular complexity index is 89.7. The van der Waals surface area contributed by atoms with Crippen LogP contribution in [-0.4, -0.2) is 6.54 Å². The van der Waals surface area contributed by atoms with Crippen molar-refractivity contribution in [3.8, 4) is 0 Å². The molecule has 3 heteroatoms. The monoisotopic (exact) mass is 133 g/mol. The van der Waals surface area contributed by atoms with E-state index in [1.807, 2.05) is 0 Å². The Morgan fingerprint density at radius 2 is 2.71 bits per heavy atom. The van der Waals surface area contributed by atoms with Gasteiger partial charge in [0, 0.05) is 6.54 Å². The highest BCUT2D eigenvalue weighted by molar-refractivity contribution is 8.70. The molecule has 0 radical (unpaired) electrons. The van der Waals surface area contributed by atoms with Crippen LogP contribution < -0.4 is 5.32 Å². The summed E-state index contributed by atoms with van der Waals surface area (Å²) < 4.78 is 0. The maximum Gasteiger partial charge on any atom is 0.0747 e. The summed E-state index contributed by atoms with van der Waals surface area (Å²) in [6.45, 7) is 1.09. The zero-order valence-electron chi connectivity index (χ0n) is 3.85. The van der Waals surface area contributed by atoms with Gasteiger partial charge in [-0.3, -0.25) is 0 Å². The van der Waals surface area contributed by atoms with Crippen LogP contribution in [0, 0.1) is 0 Å². The van der Waals surface area contributed by atoms with Crippen LogP contribution in [0.2, 0.25) is 0 Å². The fraction of sp³-hybridized carbons (Fsp3) is 0.500. The molecule has 0 amide bonds. The maximum atomic E-state index is 4.00. The first-order valence-electron chi connectivity index (χ1n) is 2.19. The Kier molecular flexibility index (Phi) is 1.94. The minimum absolute atomic E-state index is 1.09. The summed E-state index contributed by atoms with van der Waals surface area (Å²) in [6.07, 6.45) is 3.31. The largest absolute Gasteiger partial charge is 0.379 e. The summed E-state index contributed by atoms with van der Waals surface area (Å²) in [5, 5.41) is 4.35. The average molecular weight is 133 g/mol. The zero-order chi connectivity index (χ0) is 5.11. The van der Waals surface area contributed by atoms with Gasteiger partial charge in [-0.1, -0.05) is 6.08 Å². The van der Waals surface area contributed by atoms with Crippen LogP contribution in [0.5, 0.6) is 0 Å². The quantitative estimate of drug-likeness (QED) is 0.414. The van der Waals surface area contributed by atoms with Crippen molar-refractivity contribution in [2.45, 2.75) is 6.42 Å². The molecule has 0 spiro atoms. The van der Waals surface area contributed by atoms with Crippen molar-refractivity contribution in [1.82, 2.24) is 5.32 Å². The third-order valence-corrected chi connectivity index (χ3v) is 1.97. The molecule has 1 nitrogen and oxygen atoms in total. The average Bonchev–Trinajstić information content (AvgIpc) is 2.14. The van der Waals surface area contributed by atoms with Crippen molar-refractivity contribution >= 4 is 22.5 Å². The summed E-state index contributed by atoms with van der Waals surface area (Å²) in [5.74, 6) is 0. The van der Waals surface area contributed by atoms with E-state index in [2.05, 4.69) is 23.1 Å². The molecule has 1 rings (SSSR count). The van der Waals surface area contributed by atoms with Crippen LogP contribution in [0.3, 0.4) is 0 Å². The summed E-state index contributed by atoms with van der Waals surface area (Å²) in [4.78, 5) is 0. The van der Waals surface area contributed by atoms with Gasteiger partial charge in [-0.15, -0.1) is 11.7 Å². The summed E-state index contributed by atoms with van der Waals surface area (Å²) >= 11 is 4.00. The van der Waals surface area contributed by atoms with Gasteiger partial charge in [0.1, 0.15) is 0 Å². The van der Waals surface area contributed by atoms with Crippen LogP contribution in [0.4, 0.5) is 0 Å². The molecule has 0 fully saturated rings. The second-order valence-corrected chi connectivity index (χ2v) is 2.55. The van der Waals surface area contributed by atoms with Gasteiger partial charge in [0.25, 0.3) is 0 Å². The third kappa shape index (κ3) is 1.31. The SMILES string of the molecule is SSC1=CCCN1. The number of thiol groups is 1. The summed E-state index contributed by atoms with van der Waals surface area (Å²) in [7, 11) is 1.48. The van der Waals surface area contributed by atoms with E-state index in [0.717, 1.165) is 13.0 Å². The molecule has 40 valence electrons. The van der Waals surface area contributed by atoms with E-state index in [0.29, 0.717) is 0 Å². The first-order chi connectivity index (χ1) is 3.43. The maximum absolute atomic E-state index is 4.00. The predicted octanol–water partition coefficient (Wildman–Crippen LogP) is 1.40. The first-order valence-corrected chi connectivity index (χ1v) is 4.06. The van der Waals surface area contributed by atoms with Gasteiger partial charge in [-0.05, 0) is 17.2 Å². The molecule has 0 saturated heterocycles.